The van der Waals surface area contributed by atoms with Gasteiger partial charge in [-0.3, -0.25) is 5.84 Å². The number of nitrogens with one attached hydrogen (secondary N) is 1. The largest absolute Gasteiger partial charge is 0.493 e. The van der Waals surface area contributed by atoms with Crippen molar-refractivity contribution in [1.82, 2.24) is 5.43 Å². The molecule has 3 N–H and O–H groups in total. The van der Waals surface area contributed by atoms with Crippen LogP contribution in [0.4, 0.5) is 0 Å². The van der Waals surface area contributed by atoms with E-state index in [1.807, 2.05) is 7.11 Å². The number of fused-ring (bicyclic) bond motifs is 1. The second-order valence-corrected chi connectivity index (χ2v) is 6.22. The predicted octanol–water partition coefficient (Wildman–Crippen LogP) is 2.87. The minimum absolute atomic E-state index is 0.0198. The lowest BCUT2D eigenvalue weighted by Gasteiger charge is -2.39. The van der Waals surface area contributed by atoms with Crippen molar-refractivity contribution in [3.05, 3.63) is 29.3 Å². The van der Waals surface area contributed by atoms with E-state index in [0.717, 1.165) is 37.2 Å². The van der Waals surface area contributed by atoms with Gasteiger partial charge < -0.3 is 9.47 Å². The summed E-state index contributed by atoms with van der Waals surface area (Å²) in [5.74, 6) is 6.97. The number of methoxy groups -OCH3 is 1. The number of hydrogen-bond acceptors (Lipinski definition) is 4. The maximum Gasteiger partial charge on any atom is 0.127 e. The van der Waals surface area contributed by atoms with E-state index < -0.39 is 0 Å². The van der Waals surface area contributed by atoms with Crippen molar-refractivity contribution >= 4 is 0 Å². The van der Waals surface area contributed by atoms with Crippen LogP contribution >= 0.6 is 0 Å². The smallest absolute Gasteiger partial charge is 0.127 e. The first-order valence-corrected chi connectivity index (χ1v) is 8.06. The Balaban J connectivity index is 1.98. The molecule has 1 heterocycles. The lowest BCUT2D eigenvalue weighted by Crippen LogP contribution is -2.48. The number of benzene rings is 1. The highest BCUT2D eigenvalue weighted by Crippen LogP contribution is 2.44. The zero-order valence-corrected chi connectivity index (χ0v) is 12.9. The summed E-state index contributed by atoms with van der Waals surface area (Å²) in [6.07, 6.45) is 8.03. The van der Waals surface area contributed by atoms with Crippen molar-refractivity contribution in [2.75, 3.05) is 13.7 Å². The van der Waals surface area contributed by atoms with Crippen molar-refractivity contribution < 1.29 is 9.47 Å². The molecule has 0 radical (unpaired) electrons. The zero-order chi connectivity index (χ0) is 14.7. The molecular weight excluding hydrogens is 264 g/mol. The van der Waals surface area contributed by atoms with Crippen LogP contribution in [0.2, 0.25) is 0 Å². The maximum absolute atomic E-state index is 6.03. The molecule has 0 amide bonds. The third-order valence-corrected chi connectivity index (χ3v) is 5.11. The summed E-state index contributed by atoms with van der Waals surface area (Å²) in [7, 11) is 1.82. The Morgan fingerprint density at radius 2 is 2.00 bits per heavy atom. The van der Waals surface area contributed by atoms with Crippen LogP contribution in [0.1, 0.15) is 55.7 Å². The second-order valence-electron chi connectivity index (χ2n) is 6.22. The van der Waals surface area contributed by atoms with E-state index >= 15 is 0 Å². The number of para-hydroxylation sites is 1. The number of ether oxygens (including phenoxy) is 2. The monoisotopic (exact) mass is 290 g/mol. The molecule has 1 atom stereocenters. The van der Waals surface area contributed by atoms with Crippen molar-refractivity contribution in [3.8, 4) is 5.75 Å². The van der Waals surface area contributed by atoms with Gasteiger partial charge in [0.1, 0.15) is 5.75 Å². The average molecular weight is 290 g/mol. The molecule has 4 heteroatoms. The van der Waals surface area contributed by atoms with E-state index in [0.29, 0.717) is 0 Å². The van der Waals surface area contributed by atoms with Crippen molar-refractivity contribution in [1.29, 1.82) is 0 Å². The number of rotatable bonds is 4. The van der Waals surface area contributed by atoms with Gasteiger partial charge in [-0.05, 0) is 18.4 Å². The molecular formula is C17H26N2O2. The first kappa shape index (κ1) is 14.8. The molecule has 1 aliphatic carbocycles. The number of hydrazine groups is 1. The molecule has 1 aliphatic heterocycles. The van der Waals surface area contributed by atoms with Gasteiger partial charge in [0, 0.05) is 19.1 Å². The summed E-state index contributed by atoms with van der Waals surface area (Å²) in [6.45, 7) is 0.767. The Kier molecular flexibility index (Phi) is 4.48. The number of nitrogens with two attached hydrogens (primary N) is 1. The Morgan fingerprint density at radius 3 is 2.67 bits per heavy atom. The SMILES string of the molecule is COC1(C(NN)c2cccc3c2OCC3)CCCCCC1. The van der Waals surface area contributed by atoms with E-state index in [-0.39, 0.29) is 11.6 Å². The highest BCUT2D eigenvalue weighted by molar-refractivity contribution is 5.46. The van der Waals surface area contributed by atoms with Gasteiger partial charge in [-0.2, -0.15) is 0 Å². The standard InChI is InChI=1S/C17H26N2O2/c1-20-17(10-4-2-3-5-11-17)16(19-18)14-8-6-7-13-9-12-21-15(13)14/h6-8,16,19H,2-5,9-12,18H2,1H3. The second kappa shape index (κ2) is 6.34. The summed E-state index contributed by atoms with van der Waals surface area (Å²) in [4.78, 5) is 0. The van der Waals surface area contributed by atoms with E-state index in [2.05, 4.69) is 23.6 Å². The molecule has 0 bridgehead atoms. The van der Waals surface area contributed by atoms with Crippen LogP contribution in [0.25, 0.3) is 0 Å². The van der Waals surface area contributed by atoms with Crippen LogP contribution in [0.3, 0.4) is 0 Å². The van der Waals surface area contributed by atoms with Gasteiger partial charge >= 0.3 is 0 Å². The van der Waals surface area contributed by atoms with Gasteiger partial charge in [-0.25, -0.2) is 5.43 Å². The average Bonchev–Trinajstić information content (AvgIpc) is 2.87. The van der Waals surface area contributed by atoms with Crippen LogP contribution in [-0.4, -0.2) is 19.3 Å². The summed E-state index contributed by atoms with van der Waals surface area (Å²) >= 11 is 0. The van der Waals surface area contributed by atoms with E-state index in [1.54, 1.807) is 0 Å². The molecule has 4 nitrogen and oxygen atoms in total. The van der Waals surface area contributed by atoms with Crippen molar-refractivity contribution in [2.45, 2.75) is 56.6 Å². The lowest BCUT2D eigenvalue weighted by molar-refractivity contribution is -0.0545. The Bertz CT molecular complexity index is 482. The minimum atomic E-state index is -0.230. The molecule has 116 valence electrons. The fourth-order valence-electron chi connectivity index (χ4n) is 3.93. The molecule has 1 fully saturated rings. The molecule has 0 aromatic heterocycles. The number of hydrogen-bond donors (Lipinski definition) is 2. The molecule has 2 aliphatic rings. The first-order chi connectivity index (χ1) is 10.3. The van der Waals surface area contributed by atoms with Crippen molar-refractivity contribution in [3.63, 3.8) is 0 Å². The molecule has 3 rings (SSSR count). The Hall–Kier alpha value is -1.10. The third-order valence-electron chi connectivity index (χ3n) is 5.11. The lowest BCUT2D eigenvalue weighted by atomic mass is 9.81. The highest BCUT2D eigenvalue weighted by atomic mass is 16.5. The quantitative estimate of drug-likeness (QED) is 0.508. The molecule has 1 aromatic rings. The van der Waals surface area contributed by atoms with Crippen LogP contribution in [0.15, 0.2) is 18.2 Å². The Labute approximate surface area is 127 Å². The molecule has 1 unspecified atom stereocenters. The fourth-order valence-corrected chi connectivity index (χ4v) is 3.93. The van der Waals surface area contributed by atoms with Crippen LogP contribution in [-0.2, 0) is 11.2 Å². The van der Waals surface area contributed by atoms with Gasteiger partial charge in [0.05, 0.1) is 18.2 Å². The van der Waals surface area contributed by atoms with Crippen LogP contribution < -0.4 is 16.0 Å². The topological polar surface area (TPSA) is 56.5 Å². The molecule has 0 saturated heterocycles. The summed E-state index contributed by atoms with van der Waals surface area (Å²) < 4.78 is 11.9. The van der Waals surface area contributed by atoms with Gasteiger partial charge in [0.15, 0.2) is 0 Å². The predicted molar refractivity (Wildman–Crippen MR) is 83.1 cm³/mol. The first-order valence-electron chi connectivity index (χ1n) is 8.06. The van der Waals surface area contributed by atoms with Crippen LogP contribution in [0.5, 0.6) is 5.75 Å². The summed E-state index contributed by atoms with van der Waals surface area (Å²) in [6, 6.07) is 6.35. The van der Waals surface area contributed by atoms with Gasteiger partial charge in [0.25, 0.3) is 0 Å². The van der Waals surface area contributed by atoms with E-state index in [4.69, 9.17) is 15.3 Å². The van der Waals surface area contributed by atoms with Gasteiger partial charge in [-0.1, -0.05) is 43.9 Å². The third kappa shape index (κ3) is 2.68. The van der Waals surface area contributed by atoms with E-state index in [9.17, 15) is 0 Å². The molecule has 1 saturated carbocycles. The Morgan fingerprint density at radius 1 is 1.24 bits per heavy atom. The minimum Gasteiger partial charge on any atom is -0.493 e. The molecule has 21 heavy (non-hydrogen) atoms. The highest BCUT2D eigenvalue weighted by Gasteiger charge is 2.41. The fraction of sp³-hybridized carbons (Fsp3) is 0.647. The summed E-state index contributed by atoms with van der Waals surface area (Å²) in [5.41, 5.74) is 5.24. The van der Waals surface area contributed by atoms with Crippen molar-refractivity contribution in [2.24, 2.45) is 5.84 Å². The van der Waals surface area contributed by atoms with Crippen LogP contribution in [0, 0.1) is 0 Å². The van der Waals surface area contributed by atoms with E-state index in [1.165, 1.54) is 31.2 Å². The van der Waals surface area contributed by atoms with Gasteiger partial charge in [0.2, 0.25) is 0 Å². The normalized spacial score (nSPS) is 22.2. The zero-order valence-electron chi connectivity index (χ0n) is 12.9. The molecule has 1 aromatic carbocycles. The van der Waals surface area contributed by atoms with Gasteiger partial charge in [-0.15, -0.1) is 0 Å². The molecule has 0 spiro atoms. The summed E-state index contributed by atoms with van der Waals surface area (Å²) in [5, 5.41) is 0. The maximum atomic E-state index is 6.03.